The SMILES string of the molecule is CCOc1ccc(NCCC(C)(C)OC)cn1. The van der Waals surface area contributed by atoms with Crippen LogP contribution in [-0.2, 0) is 4.74 Å². The molecule has 4 heteroatoms. The minimum absolute atomic E-state index is 0.0916. The van der Waals surface area contributed by atoms with Crippen LogP contribution >= 0.6 is 0 Å². The Kier molecular flexibility index (Phi) is 5.22. The largest absolute Gasteiger partial charge is 0.478 e. The molecule has 0 bridgehead atoms. The van der Waals surface area contributed by atoms with Crippen molar-refractivity contribution in [2.45, 2.75) is 32.8 Å². The molecule has 0 saturated heterocycles. The van der Waals surface area contributed by atoms with Gasteiger partial charge >= 0.3 is 0 Å². The molecule has 1 heterocycles. The van der Waals surface area contributed by atoms with Crippen LogP contribution in [-0.4, -0.2) is 30.8 Å². The molecule has 0 amide bonds. The van der Waals surface area contributed by atoms with E-state index in [2.05, 4.69) is 24.1 Å². The normalized spacial score (nSPS) is 11.3. The van der Waals surface area contributed by atoms with Crippen LogP contribution in [0.2, 0.25) is 0 Å². The zero-order valence-electron chi connectivity index (χ0n) is 11.1. The Hall–Kier alpha value is -1.29. The number of anilines is 1. The van der Waals surface area contributed by atoms with Gasteiger partial charge in [-0.3, -0.25) is 0 Å². The van der Waals surface area contributed by atoms with E-state index in [4.69, 9.17) is 9.47 Å². The minimum atomic E-state index is -0.0916. The van der Waals surface area contributed by atoms with Crippen molar-refractivity contribution >= 4 is 5.69 Å². The highest BCUT2D eigenvalue weighted by molar-refractivity contribution is 5.41. The van der Waals surface area contributed by atoms with Crippen LogP contribution in [0, 0.1) is 0 Å². The average Bonchev–Trinajstić information content (AvgIpc) is 2.32. The first-order chi connectivity index (χ1) is 8.07. The van der Waals surface area contributed by atoms with E-state index in [1.807, 2.05) is 19.1 Å². The van der Waals surface area contributed by atoms with E-state index in [1.54, 1.807) is 13.3 Å². The molecule has 0 unspecified atom stereocenters. The van der Waals surface area contributed by atoms with Gasteiger partial charge in [-0.25, -0.2) is 4.98 Å². The first-order valence-electron chi connectivity index (χ1n) is 5.95. The van der Waals surface area contributed by atoms with Crippen LogP contribution in [0.5, 0.6) is 5.88 Å². The monoisotopic (exact) mass is 238 g/mol. The van der Waals surface area contributed by atoms with Crippen molar-refractivity contribution in [2.75, 3.05) is 25.6 Å². The number of pyridine rings is 1. The van der Waals surface area contributed by atoms with Gasteiger partial charge in [-0.2, -0.15) is 0 Å². The molecule has 0 spiro atoms. The standard InChI is InChI=1S/C13H22N2O2/c1-5-17-12-7-6-11(10-15-12)14-9-8-13(2,3)16-4/h6-7,10,14H,5,8-9H2,1-4H3. The summed E-state index contributed by atoms with van der Waals surface area (Å²) in [6.07, 6.45) is 2.72. The maximum atomic E-state index is 5.35. The molecule has 0 aliphatic carbocycles. The van der Waals surface area contributed by atoms with E-state index < -0.39 is 0 Å². The van der Waals surface area contributed by atoms with Crippen molar-refractivity contribution in [1.29, 1.82) is 0 Å². The lowest BCUT2D eigenvalue weighted by molar-refractivity contribution is 0.0185. The molecular weight excluding hydrogens is 216 g/mol. The van der Waals surface area contributed by atoms with Crippen LogP contribution in [0.3, 0.4) is 0 Å². The van der Waals surface area contributed by atoms with Gasteiger partial charge in [0.15, 0.2) is 0 Å². The Bertz CT molecular complexity index is 323. The third-order valence-corrected chi connectivity index (χ3v) is 2.64. The number of ether oxygens (including phenoxy) is 2. The van der Waals surface area contributed by atoms with Crippen molar-refractivity contribution in [1.82, 2.24) is 4.98 Å². The Morgan fingerprint density at radius 3 is 2.65 bits per heavy atom. The Morgan fingerprint density at radius 2 is 2.12 bits per heavy atom. The van der Waals surface area contributed by atoms with Gasteiger partial charge in [-0.1, -0.05) is 0 Å². The molecule has 0 aromatic carbocycles. The van der Waals surface area contributed by atoms with Gasteiger partial charge in [0.2, 0.25) is 5.88 Å². The molecule has 0 atom stereocenters. The molecule has 4 nitrogen and oxygen atoms in total. The second kappa shape index (κ2) is 6.45. The Balaban J connectivity index is 2.37. The number of aromatic nitrogens is 1. The molecular formula is C13H22N2O2. The molecule has 0 aliphatic rings. The number of nitrogens with zero attached hydrogens (tertiary/aromatic N) is 1. The molecule has 1 N–H and O–H groups in total. The second-order valence-electron chi connectivity index (χ2n) is 4.46. The molecule has 1 rings (SSSR count). The predicted octanol–water partition coefficient (Wildman–Crippen LogP) is 2.71. The van der Waals surface area contributed by atoms with E-state index in [-0.39, 0.29) is 5.60 Å². The Morgan fingerprint density at radius 1 is 1.35 bits per heavy atom. The lowest BCUT2D eigenvalue weighted by Gasteiger charge is -2.22. The van der Waals surface area contributed by atoms with Crippen LogP contribution in [0.25, 0.3) is 0 Å². The fraction of sp³-hybridized carbons (Fsp3) is 0.615. The average molecular weight is 238 g/mol. The van der Waals surface area contributed by atoms with Crippen molar-refractivity contribution in [3.8, 4) is 5.88 Å². The fourth-order valence-electron chi connectivity index (χ4n) is 1.33. The summed E-state index contributed by atoms with van der Waals surface area (Å²) in [5, 5.41) is 3.31. The maximum absolute atomic E-state index is 5.35. The van der Waals surface area contributed by atoms with Gasteiger partial charge in [-0.15, -0.1) is 0 Å². The van der Waals surface area contributed by atoms with E-state index in [9.17, 15) is 0 Å². The zero-order chi connectivity index (χ0) is 12.7. The summed E-state index contributed by atoms with van der Waals surface area (Å²) in [5.41, 5.74) is 0.909. The number of hydrogen-bond acceptors (Lipinski definition) is 4. The fourth-order valence-corrected chi connectivity index (χ4v) is 1.33. The quantitative estimate of drug-likeness (QED) is 0.793. The number of rotatable bonds is 7. The molecule has 0 radical (unpaired) electrons. The molecule has 1 aromatic heterocycles. The first kappa shape index (κ1) is 13.8. The Labute approximate surface area is 103 Å². The highest BCUT2D eigenvalue weighted by Crippen LogP contribution is 2.15. The van der Waals surface area contributed by atoms with E-state index >= 15 is 0 Å². The summed E-state index contributed by atoms with van der Waals surface area (Å²) in [4.78, 5) is 4.19. The van der Waals surface area contributed by atoms with Gasteiger partial charge in [0.1, 0.15) is 0 Å². The molecule has 0 saturated carbocycles. The predicted molar refractivity (Wildman–Crippen MR) is 69.6 cm³/mol. The summed E-state index contributed by atoms with van der Waals surface area (Å²) < 4.78 is 10.6. The molecule has 1 aromatic rings. The van der Waals surface area contributed by atoms with Crippen LogP contribution in [0.1, 0.15) is 27.2 Å². The van der Waals surface area contributed by atoms with Gasteiger partial charge in [-0.05, 0) is 33.3 Å². The minimum Gasteiger partial charge on any atom is -0.478 e. The van der Waals surface area contributed by atoms with E-state index in [0.717, 1.165) is 18.7 Å². The molecule has 0 fully saturated rings. The summed E-state index contributed by atoms with van der Waals surface area (Å²) in [6, 6.07) is 3.84. The molecule has 96 valence electrons. The molecule has 0 aliphatic heterocycles. The maximum Gasteiger partial charge on any atom is 0.213 e. The molecule has 17 heavy (non-hydrogen) atoms. The highest BCUT2D eigenvalue weighted by Gasteiger charge is 2.15. The number of nitrogens with one attached hydrogen (secondary N) is 1. The summed E-state index contributed by atoms with van der Waals surface area (Å²) in [7, 11) is 1.73. The van der Waals surface area contributed by atoms with Gasteiger partial charge in [0, 0.05) is 19.7 Å². The van der Waals surface area contributed by atoms with E-state index in [0.29, 0.717) is 12.5 Å². The van der Waals surface area contributed by atoms with Gasteiger partial charge < -0.3 is 14.8 Å². The topological polar surface area (TPSA) is 43.4 Å². The lowest BCUT2D eigenvalue weighted by Crippen LogP contribution is -2.25. The summed E-state index contributed by atoms with van der Waals surface area (Å²) in [6.45, 7) is 7.59. The first-order valence-corrected chi connectivity index (χ1v) is 5.95. The number of hydrogen-bond donors (Lipinski definition) is 1. The zero-order valence-corrected chi connectivity index (χ0v) is 11.1. The number of methoxy groups -OCH3 is 1. The van der Waals surface area contributed by atoms with Crippen molar-refractivity contribution in [3.05, 3.63) is 18.3 Å². The van der Waals surface area contributed by atoms with Crippen molar-refractivity contribution in [3.63, 3.8) is 0 Å². The lowest BCUT2D eigenvalue weighted by atomic mass is 10.1. The van der Waals surface area contributed by atoms with Crippen molar-refractivity contribution < 1.29 is 9.47 Å². The second-order valence-corrected chi connectivity index (χ2v) is 4.46. The van der Waals surface area contributed by atoms with Crippen molar-refractivity contribution in [2.24, 2.45) is 0 Å². The third kappa shape index (κ3) is 5.04. The van der Waals surface area contributed by atoms with E-state index in [1.165, 1.54) is 0 Å². The van der Waals surface area contributed by atoms with Crippen LogP contribution in [0.4, 0.5) is 5.69 Å². The smallest absolute Gasteiger partial charge is 0.213 e. The van der Waals surface area contributed by atoms with Gasteiger partial charge in [0.25, 0.3) is 0 Å². The summed E-state index contributed by atoms with van der Waals surface area (Å²) in [5.74, 6) is 0.662. The highest BCUT2D eigenvalue weighted by atomic mass is 16.5. The van der Waals surface area contributed by atoms with Gasteiger partial charge in [0.05, 0.1) is 24.1 Å². The third-order valence-electron chi connectivity index (χ3n) is 2.64. The summed E-state index contributed by atoms with van der Waals surface area (Å²) >= 11 is 0. The van der Waals surface area contributed by atoms with Crippen LogP contribution < -0.4 is 10.1 Å². The van der Waals surface area contributed by atoms with Crippen LogP contribution in [0.15, 0.2) is 18.3 Å².